The van der Waals surface area contributed by atoms with Crippen molar-refractivity contribution in [1.82, 2.24) is 9.88 Å². The molecule has 0 spiro atoms. The summed E-state index contributed by atoms with van der Waals surface area (Å²) in [6, 6.07) is 10.6. The maximum Gasteiger partial charge on any atom is 0.169 e. The molecule has 1 aliphatic heterocycles. The number of hydrogen-bond donors (Lipinski definition) is 1. The Hall–Kier alpha value is -1.87. The predicted octanol–water partition coefficient (Wildman–Crippen LogP) is 3.76. The molecule has 2 aromatic rings. The smallest absolute Gasteiger partial charge is 0.169 e. The molecule has 1 N–H and O–H groups in total. The molecule has 0 bridgehead atoms. The molecule has 4 rings (SSSR count). The largest absolute Gasteiger partial charge is 0.362 e. The number of H-pyrrole nitrogens is 1. The molecule has 126 valence electrons. The number of aryl methyl sites for hydroxylation is 1. The van der Waals surface area contributed by atoms with Gasteiger partial charge in [-0.25, -0.2) is 0 Å². The normalized spacial score (nSPS) is 23.8. The highest BCUT2D eigenvalue weighted by atomic mass is 16.1. The molecule has 2 atom stereocenters. The fourth-order valence-corrected chi connectivity index (χ4v) is 4.67. The zero-order valence-electron chi connectivity index (χ0n) is 14.6. The molecule has 2 aliphatic rings. The maximum atomic E-state index is 13.2. The second-order valence-electron chi connectivity index (χ2n) is 7.38. The Bertz CT molecular complexity index is 747. The quantitative estimate of drug-likeness (QED) is 0.934. The third-order valence-corrected chi connectivity index (χ3v) is 5.89. The van der Waals surface area contributed by atoms with Gasteiger partial charge in [0, 0.05) is 36.0 Å². The molecule has 1 aromatic heterocycles. The minimum absolute atomic E-state index is 0.176. The Morgan fingerprint density at radius 2 is 2.04 bits per heavy atom. The first kappa shape index (κ1) is 15.6. The standard InChI is InChI=1S/C21H26N2O/c1-3-17-14(2)22-19-11-16-9-10-23(12-15-7-5-4-6-8-15)13-18(16)21(24)20(17)19/h4-8,16,18,22H,3,9-13H2,1-2H3. The zero-order valence-corrected chi connectivity index (χ0v) is 14.6. The van der Waals surface area contributed by atoms with Crippen LogP contribution in [0.5, 0.6) is 0 Å². The third-order valence-electron chi connectivity index (χ3n) is 5.89. The summed E-state index contributed by atoms with van der Waals surface area (Å²) in [7, 11) is 0. The van der Waals surface area contributed by atoms with Crippen molar-refractivity contribution in [1.29, 1.82) is 0 Å². The summed E-state index contributed by atoms with van der Waals surface area (Å²) in [6.07, 6.45) is 3.11. The van der Waals surface area contributed by atoms with Crippen LogP contribution in [0.4, 0.5) is 0 Å². The van der Waals surface area contributed by atoms with E-state index in [1.165, 1.54) is 22.5 Å². The third kappa shape index (κ3) is 2.61. The second kappa shape index (κ2) is 6.21. The van der Waals surface area contributed by atoms with E-state index < -0.39 is 0 Å². The summed E-state index contributed by atoms with van der Waals surface area (Å²) >= 11 is 0. The molecule has 2 unspecified atom stereocenters. The van der Waals surface area contributed by atoms with Gasteiger partial charge in [-0.3, -0.25) is 9.69 Å². The van der Waals surface area contributed by atoms with Gasteiger partial charge in [0.1, 0.15) is 0 Å². The summed E-state index contributed by atoms with van der Waals surface area (Å²) in [5.41, 5.74) is 6.00. The van der Waals surface area contributed by atoms with Gasteiger partial charge in [0.05, 0.1) is 0 Å². The number of nitrogens with zero attached hydrogens (tertiary/aromatic N) is 1. The molecule has 3 nitrogen and oxygen atoms in total. The Labute approximate surface area is 144 Å². The van der Waals surface area contributed by atoms with Crippen molar-refractivity contribution in [2.75, 3.05) is 13.1 Å². The number of fused-ring (bicyclic) bond motifs is 2. The topological polar surface area (TPSA) is 36.1 Å². The molecular formula is C21H26N2O. The zero-order chi connectivity index (χ0) is 16.7. The number of aromatic amines is 1. The number of hydrogen-bond acceptors (Lipinski definition) is 2. The average Bonchev–Trinajstić information content (AvgIpc) is 2.92. The lowest BCUT2D eigenvalue weighted by atomic mass is 9.72. The first-order chi connectivity index (χ1) is 11.7. The van der Waals surface area contributed by atoms with Crippen LogP contribution in [0, 0.1) is 18.8 Å². The molecule has 0 radical (unpaired) electrons. The van der Waals surface area contributed by atoms with Crippen LogP contribution in [-0.4, -0.2) is 28.8 Å². The van der Waals surface area contributed by atoms with Crippen LogP contribution in [0.3, 0.4) is 0 Å². The Balaban J connectivity index is 1.56. The van der Waals surface area contributed by atoms with Gasteiger partial charge in [-0.1, -0.05) is 37.3 Å². The van der Waals surface area contributed by atoms with Crippen molar-refractivity contribution >= 4 is 5.78 Å². The van der Waals surface area contributed by atoms with E-state index in [-0.39, 0.29) is 5.92 Å². The first-order valence-electron chi connectivity index (χ1n) is 9.18. The van der Waals surface area contributed by atoms with Crippen LogP contribution < -0.4 is 0 Å². The number of aromatic nitrogens is 1. The van der Waals surface area contributed by atoms with Gasteiger partial charge in [0.15, 0.2) is 5.78 Å². The van der Waals surface area contributed by atoms with E-state index >= 15 is 0 Å². The van der Waals surface area contributed by atoms with Crippen molar-refractivity contribution in [2.24, 2.45) is 11.8 Å². The predicted molar refractivity (Wildman–Crippen MR) is 96.3 cm³/mol. The minimum Gasteiger partial charge on any atom is -0.362 e. The van der Waals surface area contributed by atoms with Crippen LogP contribution >= 0.6 is 0 Å². The van der Waals surface area contributed by atoms with Crippen LogP contribution in [0.2, 0.25) is 0 Å². The van der Waals surface area contributed by atoms with Gasteiger partial charge in [-0.15, -0.1) is 0 Å². The second-order valence-corrected chi connectivity index (χ2v) is 7.38. The summed E-state index contributed by atoms with van der Waals surface area (Å²) in [5.74, 6) is 1.08. The van der Waals surface area contributed by atoms with Gasteiger partial charge in [-0.2, -0.15) is 0 Å². The molecule has 0 amide bonds. The fraction of sp³-hybridized carbons (Fsp3) is 0.476. The number of likely N-dealkylation sites (tertiary alicyclic amines) is 1. The van der Waals surface area contributed by atoms with Crippen LogP contribution in [0.25, 0.3) is 0 Å². The number of Topliss-reactive ketones (excluding diaryl/α,β-unsaturated/α-hetero) is 1. The lowest BCUT2D eigenvalue weighted by Crippen LogP contribution is -2.46. The van der Waals surface area contributed by atoms with Gasteiger partial charge < -0.3 is 4.98 Å². The van der Waals surface area contributed by atoms with Crippen molar-refractivity contribution < 1.29 is 4.79 Å². The molecule has 24 heavy (non-hydrogen) atoms. The Morgan fingerprint density at radius 1 is 1.25 bits per heavy atom. The molecule has 1 saturated heterocycles. The molecule has 0 saturated carbocycles. The molecule has 1 aromatic carbocycles. The van der Waals surface area contributed by atoms with Crippen LogP contribution in [0.1, 0.15) is 46.2 Å². The number of carbonyl (C=O) groups excluding carboxylic acids is 1. The highest BCUT2D eigenvalue weighted by Crippen LogP contribution is 2.38. The number of rotatable bonds is 3. The first-order valence-corrected chi connectivity index (χ1v) is 9.18. The van der Waals surface area contributed by atoms with Gasteiger partial charge in [0.25, 0.3) is 0 Å². The molecular weight excluding hydrogens is 296 g/mol. The fourth-order valence-electron chi connectivity index (χ4n) is 4.67. The van der Waals surface area contributed by atoms with Crippen molar-refractivity contribution in [3.8, 4) is 0 Å². The van der Waals surface area contributed by atoms with E-state index in [0.29, 0.717) is 11.7 Å². The monoisotopic (exact) mass is 322 g/mol. The van der Waals surface area contributed by atoms with E-state index in [0.717, 1.165) is 44.5 Å². The summed E-state index contributed by atoms with van der Waals surface area (Å²) in [5, 5.41) is 0. The van der Waals surface area contributed by atoms with Gasteiger partial charge >= 0.3 is 0 Å². The van der Waals surface area contributed by atoms with E-state index in [9.17, 15) is 4.79 Å². The molecule has 2 heterocycles. The van der Waals surface area contributed by atoms with E-state index in [2.05, 4.69) is 54.1 Å². The van der Waals surface area contributed by atoms with E-state index in [1.54, 1.807) is 0 Å². The summed E-state index contributed by atoms with van der Waals surface area (Å²) in [6.45, 7) is 7.22. The van der Waals surface area contributed by atoms with Crippen LogP contribution in [0.15, 0.2) is 30.3 Å². The maximum absolute atomic E-state index is 13.2. The Morgan fingerprint density at radius 3 is 2.79 bits per heavy atom. The van der Waals surface area contributed by atoms with E-state index in [4.69, 9.17) is 0 Å². The van der Waals surface area contributed by atoms with Crippen molar-refractivity contribution in [3.05, 3.63) is 58.4 Å². The number of ketones is 1. The van der Waals surface area contributed by atoms with E-state index in [1.807, 2.05) is 0 Å². The number of carbonyl (C=O) groups is 1. The highest BCUT2D eigenvalue weighted by molar-refractivity contribution is 6.02. The average molecular weight is 322 g/mol. The minimum atomic E-state index is 0.176. The number of piperidine rings is 1. The molecule has 1 fully saturated rings. The summed E-state index contributed by atoms with van der Waals surface area (Å²) in [4.78, 5) is 19.2. The van der Waals surface area contributed by atoms with Crippen LogP contribution in [-0.2, 0) is 19.4 Å². The summed E-state index contributed by atoms with van der Waals surface area (Å²) < 4.78 is 0. The van der Waals surface area contributed by atoms with Gasteiger partial charge in [-0.05, 0) is 49.8 Å². The van der Waals surface area contributed by atoms with Crippen molar-refractivity contribution in [3.63, 3.8) is 0 Å². The van der Waals surface area contributed by atoms with Crippen molar-refractivity contribution in [2.45, 2.75) is 39.7 Å². The lowest BCUT2D eigenvalue weighted by molar-refractivity contribution is 0.0644. The molecule has 1 aliphatic carbocycles. The van der Waals surface area contributed by atoms with Gasteiger partial charge in [0.2, 0.25) is 0 Å². The number of nitrogens with one attached hydrogen (secondary N) is 1. The highest BCUT2D eigenvalue weighted by Gasteiger charge is 2.41. The lowest BCUT2D eigenvalue weighted by Gasteiger charge is -2.40. The molecule has 3 heteroatoms. The Kier molecular flexibility index (Phi) is 4.05. The number of benzene rings is 1. The SMILES string of the molecule is CCc1c(C)[nH]c2c1C(=O)C1CN(Cc3ccccc3)CCC1C2.